The molecule has 1 aromatic carbocycles. The zero-order valence-electron chi connectivity index (χ0n) is 12.1. The number of aromatic nitrogens is 2. The first-order valence-electron chi connectivity index (χ1n) is 7.48. The molecule has 0 atom stereocenters. The van der Waals surface area contributed by atoms with Gasteiger partial charge in [-0.05, 0) is 44.1 Å². The third-order valence-corrected chi connectivity index (χ3v) is 3.96. The lowest BCUT2D eigenvalue weighted by Crippen LogP contribution is -2.37. The minimum absolute atomic E-state index is 0.149. The van der Waals surface area contributed by atoms with Gasteiger partial charge in [-0.3, -0.25) is 9.89 Å². The lowest BCUT2D eigenvalue weighted by molar-refractivity contribution is 0.0943. The Bertz CT molecular complexity index is 630. The highest BCUT2D eigenvalue weighted by molar-refractivity contribution is 6.05. The van der Waals surface area contributed by atoms with E-state index >= 15 is 0 Å². The average Bonchev–Trinajstić information content (AvgIpc) is 2.91. The van der Waals surface area contributed by atoms with Gasteiger partial charge in [0, 0.05) is 24.2 Å². The van der Waals surface area contributed by atoms with Crippen LogP contribution in [0, 0.1) is 0 Å². The molecule has 1 aliphatic rings. The van der Waals surface area contributed by atoms with E-state index in [2.05, 4.69) is 20.4 Å². The van der Waals surface area contributed by atoms with E-state index in [4.69, 9.17) is 5.73 Å². The monoisotopic (exact) mass is 287 g/mol. The third-order valence-electron chi connectivity index (χ3n) is 3.96. The van der Waals surface area contributed by atoms with Gasteiger partial charge in [0.05, 0.1) is 5.52 Å². The lowest BCUT2D eigenvalue weighted by atomic mass is 10.1. The molecule has 3 rings (SSSR count). The Hall–Kier alpha value is -2.08. The van der Waals surface area contributed by atoms with Crippen LogP contribution in [0.4, 0.5) is 5.69 Å². The number of nitrogens with zero attached hydrogens (tertiary/aromatic N) is 2. The van der Waals surface area contributed by atoms with Crippen LogP contribution in [0.2, 0.25) is 0 Å². The zero-order chi connectivity index (χ0) is 14.7. The van der Waals surface area contributed by atoms with Crippen molar-refractivity contribution in [3.63, 3.8) is 0 Å². The van der Waals surface area contributed by atoms with Crippen molar-refractivity contribution < 1.29 is 4.79 Å². The number of rotatable bonds is 4. The van der Waals surface area contributed by atoms with Crippen molar-refractivity contribution in [3.8, 4) is 0 Å². The van der Waals surface area contributed by atoms with Crippen molar-refractivity contribution in [2.75, 3.05) is 31.9 Å². The van der Waals surface area contributed by atoms with E-state index in [1.54, 1.807) is 12.1 Å². The molecule has 6 heteroatoms. The fourth-order valence-electron chi connectivity index (χ4n) is 2.80. The Labute approximate surface area is 123 Å². The van der Waals surface area contributed by atoms with E-state index in [9.17, 15) is 4.79 Å². The highest BCUT2D eigenvalue weighted by Gasteiger charge is 2.15. The second-order valence-electron chi connectivity index (χ2n) is 5.54. The Balaban J connectivity index is 1.60. The number of anilines is 1. The molecule has 0 bridgehead atoms. The molecule has 112 valence electrons. The molecule has 2 heterocycles. The van der Waals surface area contributed by atoms with Crippen LogP contribution in [-0.2, 0) is 0 Å². The number of hydrogen-bond donors (Lipinski definition) is 3. The summed E-state index contributed by atoms with van der Waals surface area (Å²) in [6, 6.07) is 5.40. The number of amides is 1. The number of nitrogen functional groups attached to an aromatic ring is 1. The molecule has 4 N–H and O–H groups in total. The molecule has 0 unspecified atom stereocenters. The number of aromatic amines is 1. The molecule has 21 heavy (non-hydrogen) atoms. The van der Waals surface area contributed by atoms with E-state index in [0.717, 1.165) is 30.5 Å². The number of H-pyrrole nitrogens is 1. The number of likely N-dealkylation sites (tertiary alicyclic amines) is 1. The third kappa shape index (κ3) is 3.16. The van der Waals surface area contributed by atoms with Crippen molar-refractivity contribution in [2.45, 2.75) is 19.3 Å². The predicted molar refractivity (Wildman–Crippen MR) is 83.1 cm³/mol. The molecule has 1 aliphatic heterocycles. The van der Waals surface area contributed by atoms with Crippen molar-refractivity contribution in [1.82, 2.24) is 20.4 Å². The molecule has 0 radical (unpaired) electrons. The first-order valence-corrected chi connectivity index (χ1v) is 7.48. The van der Waals surface area contributed by atoms with Gasteiger partial charge in [0.1, 0.15) is 0 Å². The highest BCUT2D eigenvalue weighted by atomic mass is 16.1. The summed E-state index contributed by atoms with van der Waals surface area (Å²) >= 11 is 0. The standard InChI is InChI=1S/C15H21N5O/c16-11-4-5-13-12(10-11)14(19-18-13)15(21)17-6-9-20-7-2-1-3-8-20/h4-5,10H,1-3,6-9,16H2,(H,17,21)(H,18,19). The number of nitrogens with one attached hydrogen (secondary N) is 2. The second-order valence-corrected chi connectivity index (χ2v) is 5.54. The largest absolute Gasteiger partial charge is 0.399 e. The van der Waals surface area contributed by atoms with Crippen molar-refractivity contribution in [3.05, 3.63) is 23.9 Å². The quantitative estimate of drug-likeness (QED) is 0.741. The fraction of sp³-hybridized carbons (Fsp3) is 0.467. The first-order chi connectivity index (χ1) is 10.2. The van der Waals surface area contributed by atoms with Gasteiger partial charge in [-0.2, -0.15) is 5.10 Å². The second kappa shape index (κ2) is 6.13. The molecule has 1 fully saturated rings. The van der Waals surface area contributed by atoms with Gasteiger partial charge in [0.15, 0.2) is 5.69 Å². The van der Waals surface area contributed by atoms with Gasteiger partial charge < -0.3 is 16.0 Å². The summed E-state index contributed by atoms with van der Waals surface area (Å²) in [6.07, 6.45) is 3.85. The minimum Gasteiger partial charge on any atom is -0.399 e. The van der Waals surface area contributed by atoms with E-state index < -0.39 is 0 Å². The highest BCUT2D eigenvalue weighted by Crippen LogP contribution is 2.18. The molecule has 1 amide bonds. The van der Waals surface area contributed by atoms with Gasteiger partial charge in [0.25, 0.3) is 5.91 Å². The molecule has 1 saturated heterocycles. The summed E-state index contributed by atoms with van der Waals surface area (Å²) in [5, 5.41) is 10.7. The maximum Gasteiger partial charge on any atom is 0.272 e. The number of hydrogen-bond acceptors (Lipinski definition) is 4. The van der Waals surface area contributed by atoms with Crippen LogP contribution in [0.15, 0.2) is 18.2 Å². The molecule has 0 aliphatic carbocycles. The van der Waals surface area contributed by atoms with Gasteiger partial charge >= 0.3 is 0 Å². The summed E-state index contributed by atoms with van der Waals surface area (Å²) in [5.41, 5.74) is 7.64. The summed E-state index contributed by atoms with van der Waals surface area (Å²) in [4.78, 5) is 14.6. The Morgan fingerprint density at radius 3 is 2.95 bits per heavy atom. The molecule has 0 spiro atoms. The molecular formula is C15H21N5O. The van der Waals surface area contributed by atoms with Crippen molar-refractivity contribution in [1.29, 1.82) is 0 Å². The van der Waals surface area contributed by atoms with Crippen molar-refractivity contribution >= 4 is 22.5 Å². The Morgan fingerprint density at radius 1 is 1.33 bits per heavy atom. The number of fused-ring (bicyclic) bond motifs is 1. The first kappa shape index (κ1) is 13.9. The van der Waals surface area contributed by atoms with Crippen LogP contribution in [0.1, 0.15) is 29.8 Å². The normalized spacial score (nSPS) is 16.2. The Kier molecular flexibility index (Phi) is 4.06. The summed E-state index contributed by atoms with van der Waals surface area (Å²) in [7, 11) is 0. The van der Waals surface area contributed by atoms with Crippen LogP contribution >= 0.6 is 0 Å². The van der Waals surface area contributed by atoms with Gasteiger partial charge in [0.2, 0.25) is 0 Å². The SMILES string of the molecule is Nc1ccc2[nH]nc(C(=O)NCCN3CCCCC3)c2c1. The van der Waals surface area contributed by atoms with Gasteiger partial charge in [-0.25, -0.2) is 0 Å². The molecule has 1 aromatic heterocycles. The Morgan fingerprint density at radius 2 is 2.14 bits per heavy atom. The number of benzene rings is 1. The summed E-state index contributed by atoms with van der Waals surface area (Å²) < 4.78 is 0. The number of piperidine rings is 1. The molecular weight excluding hydrogens is 266 g/mol. The van der Waals surface area contributed by atoms with Crippen molar-refractivity contribution in [2.24, 2.45) is 0 Å². The van der Waals surface area contributed by atoms with E-state index in [-0.39, 0.29) is 5.91 Å². The number of carbonyl (C=O) groups excluding carboxylic acids is 1. The smallest absolute Gasteiger partial charge is 0.272 e. The summed E-state index contributed by atoms with van der Waals surface area (Å²) in [5.74, 6) is -0.149. The predicted octanol–water partition coefficient (Wildman–Crippen LogP) is 1.36. The van der Waals surface area contributed by atoms with Crippen LogP contribution in [0.3, 0.4) is 0 Å². The summed E-state index contributed by atoms with van der Waals surface area (Å²) in [6.45, 7) is 3.82. The van der Waals surface area contributed by atoms with Crippen LogP contribution in [0.5, 0.6) is 0 Å². The lowest BCUT2D eigenvalue weighted by Gasteiger charge is -2.26. The molecule has 0 saturated carbocycles. The van der Waals surface area contributed by atoms with Crippen LogP contribution < -0.4 is 11.1 Å². The van der Waals surface area contributed by atoms with Crippen LogP contribution in [-0.4, -0.2) is 47.2 Å². The van der Waals surface area contributed by atoms with E-state index in [1.165, 1.54) is 19.3 Å². The topological polar surface area (TPSA) is 87.0 Å². The number of carbonyl (C=O) groups is 1. The zero-order valence-corrected chi connectivity index (χ0v) is 12.1. The van der Waals surface area contributed by atoms with Gasteiger partial charge in [-0.15, -0.1) is 0 Å². The number of nitrogens with two attached hydrogens (primary N) is 1. The van der Waals surface area contributed by atoms with Gasteiger partial charge in [-0.1, -0.05) is 6.42 Å². The molecule has 6 nitrogen and oxygen atoms in total. The van der Waals surface area contributed by atoms with E-state index in [1.807, 2.05) is 6.07 Å². The fourth-order valence-corrected chi connectivity index (χ4v) is 2.80. The van der Waals surface area contributed by atoms with Crippen LogP contribution in [0.25, 0.3) is 10.9 Å². The maximum atomic E-state index is 12.2. The average molecular weight is 287 g/mol. The molecule has 2 aromatic rings. The maximum absolute atomic E-state index is 12.2. The van der Waals surface area contributed by atoms with E-state index in [0.29, 0.717) is 17.9 Å². The minimum atomic E-state index is -0.149.